The molecule has 4 aromatic rings. The van der Waals surface area contributed by atoms with E-state index in [9.17, 15) is 19.2 Å². The first-order valence-corrected chi connectivity index (χ1v) is 12.6. The Kier molecular flexibility index (Phi) is 10.3. The number of carboxylic acid groups (broad SMARTS) is 1. The molecule has 2 aromatic carbocycles. The van der Waals surface area contributed by atoms with Gasteiger partial charge in [-0.3, -0.25) is 19.2 Å². The van der Waals surface area contributed by atoms with Gasteiger partial charge in [-0.05, 0) is 54.8 Å². The van der Waals surface area contributed by atoms with E-state index < -0.39 is 11.9 Å². The van der Waals surface area contributed by atoms with Gasteiger partial charge in [-0.1, -0.05) is 18.2 Å². The number of Topliss-reactive ketones (excluding diaryl/α,β-unsaturated/α-hetero) is 1. The number of thiophene rings is 1. The van der Waals surface area contributed by atoms with E-state index in [4.69, 9.17) is 14.6 Å². The number of aryl methyl sites for hydroxylation is 1. The van der Waals surface area contributed by atoms with Crippen molar-refractivity contribution in [1.82, 2.24) is 4.98 Å². The van der Waals surface area contributed by atoms with Crippen LogP contribution in [0.3, 0.4) is 0 Å². The molecular formula is C28H27N2NaO7S. The summed E-state index contributed by atoms with van der Waals surface area (Å²) in [6.07, 6.45) is -0.492. The van der Waals surface area contributed by atoms with Gasteiger partial charge in [0.25, 0.3) is 5.91 Å². The number of rotatable bonds is 10. The van der Waals surface area contributed by atoms with Crippen molar-refractivity contribution < 1.29 is 33.8 Å². The average molecular weight is 559 g/mol. The van der Waals surface area contributed by atoms with Crippen molar-refractivity contribution in [2.24, 2.45) is 0 Å². The number of carboxylic acids is 1. The summed E-state index contributed by atoms with van der Waals surface area (Å²) >= 11 is 1.27. The van der Waals surface area contributed by atoms with Gasteiger partial charge in [0.2, 0.25) is 0 Å². The number of anilines is 1. The van der Waals surface area contributed by atoms with E-state index in [0.29, 0.717) is 33.9 Å². The first-order valence-electron chi connectivity index (χ1n) is 11.8. The van der Waals surface area contributed by atoms with Crippen LogP contribution in [-0.4, -0.2) is 70.4 Å². The standard InChI is InChI=1S/C28H26N2O7S.Na.H/c1-15-25-18(13-36-3)7-8-19(16(2)31)27(25)38-26(15)28(35)30-22-10-9-20-17(5-4-6-21(20)29-22)14-37-24(34)12-11-23(32)33;;/h4-10H,11-14H2,1-3H3,(H,32,33)(H,29,30,35);;. The normalized spacial score (nSPS) is 10.7. The Labute approximate surface area is 250 Å². The van der Waals surface area contributed by atoms with Crippen molar-refractivity contribution in [2.45, 2.75) is 39.9 Å². The van der Waals surface area contributed by atoms with Crippen LogP contribution in [0.25, 0.3) is 21.0 Å². The summed E-state index contributed by atoms with van der Waals surface area (Å²) in [5.41, 5.74) is 3.54. The quantitative estimate of drug-likeness (QED) is 0.164. The molecule has 0 radical (unpaired) electrons. The number of nitrogens with one attached hydrogen (secondary N) is 1. The van der Waals surface area contributed by atoms with Gasteiger partial charge in [-0.15, -0.1) is 11.3 Å². The van der Waals surface area contributed by atoms with E-state index in [0.717, 1.165) is 26.6 Å². The van der Waals surface area contributed by atoms with Gasteiger partial charge in [0.15, 0.2) is 5.78 Å². The molecule has 0 aliphatic rings. The number of carbonyl (C=O) groups is 4. The van der Waals surface area contributed by atoms with Crippen LogP contribution in [0.4, 0.5) is 5.82 Å². The van der Waals surface area contributed by atoms with Crippen molar-refractivity contribution in [2.75, 3.05) is 12.4 Å². The number of ether oxygens (including phenoxy) is 2. The molecule has 2 heterocycles. The van der Waals surface area contributed by atoms with E-state index in [1.54, 1.807) is 43.5 Å². The van der Waals surface area contributed by atoms with Gasteiger partial charge in [0, 0.05) is 28.1 Å². The minimum absolute atomic E-state index is 0. The number of aliphatic carboxylic acids is 1. The molecule has 1 amide bonds. The summed E-state index contributed by atoms with van der Waals surface area (Å²) in [5.74, 6) is -1.73. The molecule has 0 aliphatic heterocycles. The predicted octanol–water partition coefficient (Wildman–Crippen LogP) is 4.62. The van der Waals surface area contributed by atoms with E-state index >= 15 is 0 Å². The number of aromatic nitrogens is 1. The van der Waals surface area contributed by atoms with Crippen molar-refractivity contribution in [1.29, 1.82) is 0 Å². The molecule has 0 saturated carbocycles. The number of hydrogen-bond donors (Lipinski definition) is 2. The summed E-state index contributed by atoms with van der Waals surface area (Å²) in [7, 11) is 1.60. The Morgan fingerprint density at radius 2 is 1.77 bits per heavy atom. The van der Waals surface area contributed by atoms with Crippen LogP contribution in [0.2, 0.25) is 0 Å². The van der Waals surface area contributed by atoms with Crippen molar-refractivity contribution in [3.8, 4) is 0 Å². The molecule has 2 aromatic heterocycles. The average Bonchev–Trinajstić information content (AvgIpc) is 3.23. The number of ketones is 1. The van der Waals surface area contributed by atoms with E-state index in [-0.39, 0.29) is 60.7 Å². The topological polar surface area (TPSA) is 132 Å². The Bertz CT molecular complexity index is 1580. The third-order valence-electron chi connectivity index (χ3n) is 6.04. The summed E-state index contributed by atoms with van der Waals surface area (Å²) in [4.78, 5) is 53.0. The van der Waals surface area contributed by atoms with Gasteiger partial charge < -0.3 is 19.9 Å². The molecule has 0 spiro atoms. The maximum atomic E-state index is 13.3. The molecule has 0 aliphatic carbocycles. The number of benzene rings is 2. The Morgan fingerprint density at radius 1 is 1.00 bits per heavy atom. The monoisotopic (exact) mass is 558 g/mol. The summed E-state index contributed by atoms with van der Waals surface area (Å²) < 4.78 is 11.3. The molecule has 39 heavy (non-hydrogen) atoms. The molecule has 198 valence electrons. The van der Waals surface area contributed by atoms with Gasteiger partial charge in [-0.2, -0.15) is 0 Å². The SMILES string of the molecule is COCc1ccc(C(C)=O)c2sc(C(=O)Nc3ccc4c(COC(=O)CCC(=O)O)cccc4n3)c(C)c12.[NaH]. The van der Waals surface area contributed by atoms with Gasteiger partial charge in [0.05, 0.1) is 29.8 Å². The zero-order valence-electron chi connectivity index (χ0n) is 21.1. The molecule has 4 rings (SSSR count). The second-order valence-corrected chi connectivity index (χ2v) is 9.73. The maximum absolute atomic E-state index is 13.3. The molecule has 9 nitrogen and oxygen atoms in total. The third-order valence-corrected chi connectivity index (χ3v) is 7.37. The number of esters is 1. The fourth-order valence-electron chi connectivity index (χ4n) is 4.23. The molecular weight excluding hydrogens is 531 g/mol. The fourth-order valence-corrected chi connectivity index (χ4v) is 5.54. The number of pyridine rings is 1. The van der Waals surface area contributed by atoms with Crippen LogP contribution in [-0.2, 0) is 32.3 Å². The summed E-state index contributed by atoms with van der Waals surface area (Å²) in [6.45, 7) is 3.70. The molecule has 0 saturated heterocycles. The first kappa shape index (κ1) is 30.4. The molecule has 0 fully saturated rings. The van der Waals surface area contributed by atoms with Gasteiger partial charge in [-0.25, -0.2) is 4.98 Å². The van der Waals surface area contributed by atoms with Crippen LogP contribution in [0, 0.1) is 6.92 Å². The summed E-state index contributed by atoms with van der Waals surface area (Å²) in [5, 5.41) is 13.1. The van der Waals surface area contributed by atoms with Crippen molar-refractivity contribution in [3.05, 3.63) is 69.6 Å². The van der Waals surface area contributed by atoms with Crippen molar-refractivity contribution in [3.63, 3.8) is 0 Å². The zero-order chi connectivity index (χ0) is 27.4. The molecule has 0 unspecified atom stereocenters. The van der Waals surface area contributed by atoms with E-state index in [2.05, 4.69) is 10.3 Å². The number of fused-ring (bicyclic) bond motifs is 2. The molecule has 11 heteroatoms. The zero-order valence-corrected chi connectivity index (χ0v) is 21.9. The second kappa shape index (κ2) is 13.3. The van der Waals surface area contributed by atoms with Gasteiger partial charge in [0.1, 0.15) is 12.4 Å². The molecule has 0 atom stereocenters. The van der Waals surface area contributed by atoms with Crippen LogP contribution in [0.15, 0.2) is 42.5 Å². The van der Waals surface area contributed by atoms with Crippen LogP contribution < -0.4 is 5.32 Å². The fraction of sp³-hybridized carbons (Fsp3) is 0.250. The molecule has 0 bridgehead atoms. The summed E-state index contributed by atoms with van der Waals surface area (Å²) in [6, 6.07) is 12.4. The third kappa shape index (κ3) is 6.90. The number of nitrogens with zero attached hydrogens (tertiary/aromatic N) is 1. The van der Waals surface area contributed by atoms with Gasteiger partial charge >= 0.3 is 41.5 Å². The van der Waals surface area contributed by atoms with Crippen LogP contribution in [0.1, 0.15) is 56.5 Å². The second-order valence-electron chi connectivity index (χ2n) is 8.71. The molecule has 2 N–H and O–H groups in total. The minimum atomic E-state index is -1.06. The van der Waals surface area contributed by atoms with E-state index in [1.165, 1.54) is 18.3 Å². The Balaban J connectivity index is 0.00000420. The number of hydrogen-bond acceptors (Lipinski definition) is 8. The Morgan fingerprint density at radius 3 is 2.46 bits per heavy atom. The van der Waals surface area contributed by atoms with E-state index in [1.807, 2.05) is 13.0 Å². The number of amides is 1. The number of methoxy groups -OCH3 is 1. The van der Waals surface area contributed by atoms with Crippen LogP contribution >= 0.6 is 11.3 Å². The first-order chi connectivity index (χ1) is 18.2. The Hall–Kier alpha value is -3.15. The van der Waals surface area contributed by atoms with Crippen LogP contribution in [0.5, 0.6) is 0 Å². The predicted molar refractivity (Wildman–Crippen MR) is 151 cm³/mol. The van der Waals surface area contributed by atoms with Crippen molar-refractivity contribution >= 4 is 91.3 Å². The number of carbonyl (C=O) groups excluding carboxylic acids is 3.